The Kier molecular flexibility index (Phi) is 5.46. The Morgan fingerprint density at radius 2 is 1.81 bits per heavy atom. The Labute approximate surface area is 154 Å². The Bertz CT molecular complexity index is 985. The lowest BCUT2D eigenvalue weighted by atomic mass is 10.3. The van der Waals surface area contributed by atoms with E-state index in [9.17, 15) is 14.0 Å². The van der Waals surface area contributed by atoms with Gasteiger partial charge in [0, 0.05) is 23.8 Å². The first kappa shape index (κ1) is 18.1. The van der Waals surface area contributed by atoms with Crippen LogP contribution >= 0.6 is 0 Å². The van der Waals surface area contributed by atoms with Crippen LogP contribution in [0, 0.1) is 5.82 Å². The molecule has 0 saturated carbocycles. The summed E-state index contributed by atoms with van der Waals surface area (Å²) >= 11 is 0. The first-order valence-corrected chi connectivity index (χ1v) is 8.21. The van der Waals surface area contributed by atoms with E-state index in [0.717, 1.165) is 0 Å². The van der Waals surface area contributed by atoms with Gasteiger partial charge in [0.2, 0.25) is 5.82 Å². The fourth-order valence-electron chi connectivity index (χ4n) is 2.37. The number of ether oxygens (including phenoxy) is 1. The van der Waals surface area contributed by atoms with Crippen LogP contribution in [0.4, 0.5) is 20.7 Å². The third-order valence-corrected chi connectivity index (χ3v) is 3.60. The van der Waals surface area contributed by atoms with Crippen LogP contribution in [0.15, 0.2) is 65.7 Å². The minimum absolute atomic E-state index is 0.133. The van der Waals surface area contributed by atoms with Gasteiger partial charge in [-0.15, -0.1) is 0 Å². The second-order valence-corrected chi connectivity index (χ2v) is 5.46. The van der Waals surface area contributed by atoms with Crippen molar-refractivity contribution in [1.29, 1.82) is 0 Å². The largest absolute Gasteiger partial charge is 0.494 e. The minimum atomic E-state index is -0.657. The first-order valence-electron chi connectivity index (χ1n) is 8.21. The van der Waals surface area contributed by atoms with Crippen molar-refractivity contribution < 1.29 is 13.9 Å². The summed E-state index contributed by atoms with van der Waals surface area (Å²) in [5.74, 6) is 0.148. The molecule has 138 valence electrons. The highest BCUT2D eigenvalue weighted by Crippen LogP contribution is 2.14. The summed E-state index contributed by atoms with van der Waals surface area (Å²) in [5, 5.41) is 4.91. The Balaban J connectivity index is 1.77. The van der Waals surface area contributed by atoms with Gasteiger partial charge in [-0.2, -0.15) is 0 Å². The summed E-state index contributed by atoms with van der Waals surface area (Å²) < 4.78 is 19.6. The number of nitrogens with zero attached hydrogens (tertiary/aromatic N) is 2. The number of carbonyl (C=O) groups excluding carboxylic acids is 1. The van der Waals surface area contributed by atoms with Gasteiger partial charge in [-0.3, -0.25) is 14.7 Å². The predicted octanol–water partition coefficient (Wildman–Crippen LogP) is 3.41. The smallest absolute Gasteiger partial charge is 0.325 e. The van der Waals surface area contributed by atoms with Gasteiger partial charge in [-0.25, -0.2) is 14.2 Å². The highest BCUT2D eigenvalue weighted by Gasteiger charge is 2.10. The molecule has 3 aromatic rings. The Hall–Kier alpha value is -3.68. The van der Waals surface area contributed by atoms with E-state index in [1.165, 1.54) is 41.2 Å². The van der Waals surface area contributed by atoms with Crippen molar-refractivity contribution in [2.75, 3.05) is 17.2 Å². The number of nitrogens with one attached hydrogen (secondary N) is 2. The number of benzene rings is 2. The van der Waals surface area contributed by atoms with E-state index in [4.69, 9.17) is 4.74 Å². The van der Waals surface area contributed by atoms with E-state index < -0.39 is 17.4 Å². The minimum Gasteiger partial charge on any atom is -0.494 e. The number of anilines is 2. The fourth-order valence-corrected chi connectivity index (χ4v) is 2.37. The molecule has 0 spiro atoms. The average molecular weight is 368 g/mol. The number of halogens is 1. The molecule has 0 aliphatic rings. The molecule has 0 radical (unpaired) electrons. The molecule has 1 aromatic heterocycles. The quantitative estimate of drug-likeness (QED) is 0.723. The molecular weight excluding hydrogens is 351 g/mol. The van der Waals surface area contributed by atoms with Gasteiger partial charge < -0.3 is 10.1 Å². The number of hydrogen-bond donors (Lipinski definition) is 2. The summed E-state index contributed by atoms with van der Waals surface area (Å²) in [5.41, 5.74) is 0.500. The van der Waals surface area contributed by atoms with Crippen molar-refractivity contribution in [2.45, 2.75) is 6.92 Å². The van der Waals surface area contributed by atoms with Gasteiger partial charge in [0.15, 0.2) is 0 Å². The zero-order valence-corrected chi connectivity index (χ0v) is 14.5. The second kappa shape index (κ2) is 8.13. The summed E-state index contributed by atoms with van der Waals surface area (Å²) in [7, 11) is 0. The zero-order chi connectivity index (χ0) is 19.2. The van der Waals surface area contributed by atoms with Crippen LogP contribution in [0.5, 0.6) is 5.75 Å². The Morgan fingerprint density at radius 3 is 2.48 bits per heavy atom. The molecule has 8 heteroatoms. The molecule has 2 aromatic carbocycles. The molecule has 7 nitrogen and oxygen atoms in total. The average Bonchev–Trinajstić information content (AvgIpc) is 2.66. The third-order valence-electron chi connectivity index (χ3n) is 3.60. The molecule has 0 aliphatic carbocycles. The van der Waals surface area contributed by atoms with Gasteiger partial charge in [0.1, 0.15) is 11.6 Å². The van der Waals surface area contributed by atoms with Gasteiger partial charge in [-0.05, 0) is 55.5 Å². The van der Waals surface area contributed by atoms with E-state index in [-0.39, 0.29) is 5.82 Å². The normalized spacial score (nSPS) is 10.3. The summed E-state index contributed by atoms with van der Waals surface area (Å²) in [6.45, 7) is 2.43. The van der Waals surface area contributed by atoms with E-state index in [1.54, 1.807) is 24.3 Å². The lowest BCUT2D eigenvalue weighted by molar-refractivity contribution is 0.262. The number of rotatable bonds is 5. The standard InChI is InChI=1S/C19H17FN4O3/c1-2-27-16-9-7-15(8-10-16)24-12-11-21-17(18(24)25)23-19(26)22-14-5-3-13(20)4-6-14/h3-12H,2H2,1H3,(H2,21,22,23,26). The Morgan fingerprint density at radius 1 is 1.11 bits per heavy atom. The van der Waals surface area contributed by atoms with E-state index in [1.807, 2.05) is 6.92 Å². The van der Waals surface area contributed by atoms with Crippen LogP contribution in [0.1, 0.15) is 6.92 Å². The van der Waals surface area contributed by atoms with Crippen LogP contribution in [0.2, 0.25) is 0 Å². The molecule has 27 heavy (non-hydrogen) atoms. The molecule has 0 fully saturated rings. The van der Waals surface area contributed by atoms with Crippen LogP contribution in [-0.2, 0) is 0 Å². The maximum absolute atomic E-state index is 12.9. The molecule has 2 amide bonds. The van der Waals surface area contributed by atoms with E-state index in [2.05, 4.69) is 15.6 Å². The van der Waals surface area contributed by atoms with Crippen molar-refractivity contribution in [3.05, 3.63) is 77.1 Å². The molecule has 0 aliphatic heterocycles. The topological polar surface area (TPSA) is 85.2 Å². The van der Waals surface area contributed by atoms with Crippen molar-refractivity contribution >= 4 is 17.5 Å². The predicted molar refractivity (Wildman–Crippen MR) is 100 cm³/mol. The van der Waals surface area contributed by atoms with Crippen molar-refractivity contribution in [3.8, 4) is 11.4 Å². The van der Waals surface area contributed by atoms with Crippen molar-refractivity contribution in [2.24, 2.45) is 0 Å². The lowest BCUT2D eigenvalue weighted by Gasteiger charge is -2.10. The van der Waals surface area contributed by atoms with Crippen molar-refractivity contribution in [1.82, 2.24) is 9.55 Å². The molecule has 0 unspecified atom stereocenters. The van der Waals surface area contributed by atoms with E-state index >= 15 is 0 Å². The van der Waals surface area contributed by atoms with Crippen LogP contribution in [0.25, 0.3) is 5.69 Å². The number of amides is 2. The van der Waals surface area contributed by atoms with Crippen LogP contribution < -0.4 is 20.9 Å². The summed E-state index contributed by atoms with van der Waals surface area (Å²) in [6, 6.07) is 11.6. The van der Waals surface area contributed by atoms with Gasteiger partial charge in [0.25, 0.3) is 5.56 Å². The molecule has 0 saturated heterocycles. The molecule has 3 rings (SSSR count). The van der Waals surface area contributed by atoms with Gasteiger partial charge in [-0.1, -0.05) is 0 Å². The maximum Gasteiger partial charge on any atom is 0.325 e. The monoisotopic (exact) mass is 368 g/mol. The molecular formula is C19H17FN4O3. The van der Waals surface area contributed by atoms with Crippen LogP contribution in [0.3, 0.4) is 0 Å². The molecule has 2 N–H and O–H groups in total. The van der Waals surface area contributed by atoms with Gasteiger partial charge >= 0.3 is 6.03 Å². The molecule has 0 bridgehead atoms. The SMILES string of the molecule is CCOc1ccc(-n2ccnc(NC(=O)Nc3ccc(F)cc3)c2=O)cc1. The van der Waals surface area contributed by atoms with Crippen molar-refractivity contribution in [3.63, 3.8) is 0 Å². The lowest BCUT2D eigenvalue weighted by Crippen LogP contribution is -2.28. The number of aromatic nitrogens is 2. The third kappa shape index (κ3) is 4.49. The second-order valence-electron chi connectivity index (χ2n) is 5.46. The highest BCUT2D eigenvalue weighted by molar-refractivity contribution is 5.99. The molecule has 0 atom stereocenters. The number of urea groups is 1. The maximum atomic E-state index is 12.9. The van der Waals surface area contributed by atoms with Crippen LogP contribution in [-0.4, -0.2) is 22.2 Å². The fraction of sp³-hybridized carbons (Fsp3) is 0.105. The number of hydrogen-bond acceptors (Lipinski definition) is 4. The first-order chi connectivity index (χ1) is 13.1. The van der Waals surface area contributed by atoms with Gasteiger partial charge in [0.05, 0.1) is 6.61 Å². The number of carbonyl (C=O) groups is 1. The molecule has 1 heterocycles. The summed E-state index contributed by atoms with van der Waals surface area (Å²) in [6.07, 6.45) is 2.91. The highest BCUT2D eigenvalue weighted by atomic mass is 19.1. The summed E-state index contributed by atoms with van der Waals surface area (Å²) in [4.78, 5) is 28.6. The zero-order valence-electron chi connectivity index (χ0n) is 14.5. The van der Waals surface area contributed by atoms with E-state index in [0.29, 0.717) is 23.7 Å².